The smallest absolute Gasteiger partial charge is 0.180 e. The third-order valence-electron chi connectivity index (χ3n) is 1.92. The third kappa shape index (κ3) is 1.61. The van der Waals surface area contributed by atoms with Gasteiger partial charge in [0.05, 0.1) is 10.6 Å². The van der Waals surface area contributed by atoms with Crippen LogP contribution in [0.4, 0.5) is 9.52 Å². The van der Waals surface area contributed by atoms with Gasteiger partial charge in [-0.15, -0.1) is 0 Å². The van der Waals surface area contributed by atoms with Gasteiger partial charge in [0.25, 0.3) is 0 Å². The Bertz CT molecular complexity index is 448. The fourth-order valence-electron chi connectivity index (χ4n) is 1.29. The number of benzene rings is 1. The number of nitrogens with zero attached hydrogens (tertiary/aromatic N) is 1. The summed E-state index contributed by atoms with van der Waals surface area (Å²) in [4.78, 5) is 5.11. The lowest BCUT2D eigenvalue weighted by Crippen LogP contribution is -1.81. The van der Waals surface area contributed by atoms with E-state index >= 15 is 0 Å². The highest BCUT2D eigenvalue weighted by molar-refractivity contribution is 7.18. The molecular weight excluding hydrogens is 199 g/mol. The largest absolute Gasteiger partial charge is 0.375 e. The van der Waals surface area contributed by atoms with E-state index in [1.807, 2.05) is 6.92 Å². The summed E-state index contributed by atoms with van der Waals surface area (Å²) in [6.45, 7) is 1.89. The Labute approximate surface area is 85.2 Å². The number of nitrogen functional groups attached to an aromatic ring is 1. The number of halogens is 1. The average molecular weight is 208 g/mol. The first kappa shape index (κ1) is 9.15. The van der Waals surface area contributed by atoms with Gasteiger partial charge >= 0.3 is 0 Å². The predicted molar refractivity (Wildman–Crippen MR) is 56.7 cm³/mol. The molecule has 0 fully saturated rings. The van der Waals surface area contributed by atoms with Gasteiger partial charge in [0.2, 0.25) is 0 Å². The zero-order valence-electron chi connectivity index (χ0n) is 7.62. The Hall–Kier alpha value is -1.42. The number of thiazole rings is 1. The number of aryl methyl sites for hydroxylation is 1. The first-order valence-electron chi connectivity index (χ1n) is 4.15. The normalized spacial score (nSPS) is 10.4. The highest BCUT2D eigenvalue weighted by atomic mass is 32.1. The summed E-state index contributed by atoms with van der Waals surface area (Å²) in [5.41, 5.74) is 7.42. The number of nitrogens with two attached hydrogens (primary N) is 1. The van der Waals surface area contributed by atoms with E-state index in [1.165, 1.54) is 23.5 Å². The minimum atomic E-state index is -0.233. The van der Waals surface area contributed by atoms with Crippen LogP contribution < -0.4 is 5.73 Å². The number of hydrogen-bond acceptors (Lipinski definition) is 3. The fourth-order valence-corrected chi connectivity index (χ4v) is 2.13. The molecular formula is C10H9FN2S. The molecule has 0 bridgehead atoms. The second-order valence-corrected chi connectivity index (χ2v) is 4.00. The fraction of sp³-hybridized carbons (Fsp3) is 0.100. The summed E-state index contributed by atoms with van der Waals surface area (Å²) in [5, 5.41) is 0.543. The van der Waals surface area contributed by atoms with Crippen molar-refractivity contribution in [2.24, 2.45) is 0 Å². The summed E-state index contributed by atoms with van der Waals surface area (Å²) >= 11 is 1.42. The van der Waals surface area contributed by atoms with E-state index in [4.69, 9.17) is 5.73 Å². The van der Waals surface area contributed by atoms with E-state index in [2.05, 4.69) is 4.98 Å². The van der Waals surface area contributed by atoms with Crippen molar-refractivity contribution in [1.29, 1.82) is 0 Å². The van der Waals surface area contributed by atoms with Crippen molar-refractivity contribution in [3.05, 3.63) is 35.8 Å². The molecule has 0 unspecified atom stereocenters. The van der Waals surface area contributed by atoms with Gasteiger partial charge in [-0.3, -0.25) is 0 Å². The Morgan fingerprint density at radius 1 is 1.29 bits per heavy atom. The molecule has 0 aliphatic heterocycles. The van der Waals surface area contributed by atoms with E-state index in [9.17, 15) is 4.39 Å². The summed E-state index contributed by atoms with van der Waals surface area (Å²) < 4.78 is 12.7. The van der Waals surface area contributed by atoms with Crippen LogP contribution in [-0.2, 0) is 0 Å². The van der Waals surface area contributed by atoms with Crippen molar-refractivity contribution in [3.8, 4) is 10.4 Å². The van der Waals surface area contributed by atoms with E-state index < -0.39 is 0 Å². The van der Waals surface area contributed by atoms with E-state index in [0.29, 0.717) is 5.13 Å². The van der Waals surface area contributed by atoms with Crippen LogP contribution in [-0.4, -0.2) is 4.98 Å². The molecule has 1 heterocycles. The zero-order valence-corrected chi connectivity index (χ0v) is 8.44. The van der Waals surface area contributed by atoms with E-state index in [-0.39, 0.29) is 5.82 Å². The molecule has 2 N–H and O–H groups in total. The van der Waals surface area contributed by atoms with Crippen LogP contribution in [0, 0.1) is 12.7 Å². The van der Waals surface area contributed by atoms with E-state index in [0.717, 1.165) is 16.1 Å². The summed E-state index contributed by atoms with van der Waals surface area (Å²) in [7, 11) is 0. The Kier molecular flexibility index (Phi) is 2.21. The van der Waals surface area contributed by atoms with E-state index in [1.54, 1.807) is 12.1 Å². The van der Waals surface area contributed by atoms with Gasteiger partial charge in [0.15, 0.2) is 5.13 Å². The molecule has 14 heavy (non-hydrogen) atoms. The number of hydrogen-bond donors (Lipinski definition) is 1. The van der Waals surface area contributed by atoms with Crippen LogP contribution in [0.3, 0.4) is 0 Å². The second-order valence-electron chi connectivity index (χ2n) is 2.97. The maximum absolute atomic E-state index is 12.7. The maximum atomic E-state index is 12.7. The van der Waals surface area contributed by atoms with Gasteiger partial charge in [-0.1, -0.05) is 23.5 Å². The van der Waals surface area contributed by atoms with Gasteiger partial charge in [0, 0.05) is 0 Å². The monoisotopic (exact) mass is 208 g/mol. The minimum Gasteiger partial charge on any atom is -0.375 e. The van der Waals surface area contributed by atoms with Crippen LogP contribution in [0.15, 0.2) is 24.3 Å². The Balaban J connectivity index is 2.49. The summed E-state index contributed by atoms with van der Waals surface area (Å²) in [6.07, 6.45) is 0. The molecule has 0 aliphatic carbocycles. The SMILES string of the molecule is Cc1nc(N)sc1-c1ccc(F)cc1. The Morgan fingerprint density at radius 3 is 2.43 bits per heavy atom. The quantitative estimate of drug-likeness (QED) is 0.782. The lowest BCUT2D eigenvalue weighted by Gasteiger charge is -1.97. The lowest BCUT2D eigenvalue weighted by molar-refractivity contribution is 0.628. The van der Waals surface area contributed by atoms with Crippen molar-refractivity contribution in [2.45, 2.75) is 6.92 Å². The van der Waals surface area contributed by atoms with Crippen LogP contribution in [0.25, 0.3) is 10.4 Å². The van der Waals surface area contributed by atoms with Crippen LogP contribution in [0.5, 0.6) is 0 Å². The zero-order chi connectivity index (χ0) is 10.1. The topological polar surface area (TPSA) is 38.9 Å². The molecule has 2 aromatic rings. The Morgan fingerprint density at radius 2 is 1.93 bits per heavy atom. The van der Waals surface area contributed by atoms with Gasteiger partial charge in [-0.2, -0.15) is 0 Å². The van der Waals surface area contributed by atoms with Gasteiger partial charge in [-0.25, -0.2) is 9.37 Å². The predicted octanol–water partition coefficient (Wildman–Crippen LogP) is 2.84. The number of rotatable bonds is 1. The van der Waals surface area contributed by atoms with Crippen molar-refractivity contribution in [2.75, 3.05) is 5.73 Å². The molecule has 2 nitrogen and oxygen atoms in total. The van der Waals surface area contributed by atoms with Crippen molar-refractivity contribution < 1.29 is 4.39 Å². The van der Waals surface area contributed by atoms with Gasteiger partial charge in [-0.05, 0) is 24.6 Å². The first-order chi connectivity index (χ1) is 6.66. The lowest BCUT2D eigenvalue weighted by atomic mass is 10.1. The molecule has 0 amide bonds. The molecule has 2 rings (SSSR count). The molecule has 0 saturated carbocycles. The van der Waals surface area contributed by atoms with Crippen molar-refractivity contribution in [1.82, 2.24) is 4.98 Å². The first-order valence-corrected chi connectivity index (χ1v) is 4.97. The highest BCUT2D eigenvalue weighted by Crippen LogP contribution is 2.30. The third-order valence-corrected chi connectivity index (χ3v) is 2.96. The van der Waals surface area contributed by atoms with Gasteiger partial charge < -0.3 is 5.73 Å². The highest BCUT2D eigenvalue weighted by Gasteiger charge is 2.07. The summed E-state index contributed by atoms with van der Waals surface area (Å²) in [6, 6.07) is 6.33. The molecule has 0 saturated heterocycles. The number of aromatic nitrogens is 1. The second kappa shape index (κ2) is 3.38. The van der Waals surface area contributed by atoms with Crippen LogP contribution in [0.2, 0.25) is 0 Å². The summed E-state index contributed by atoms with van der Waals surface area (Å²) in [5.74, 6) is -0.233. The molecule has 1 aromatic heterocycles. The molecule has 4 heteroatoms. The van der Waals surface area contributed by atoms with Crippen LogP contribution in [0.1, 0.15) is 5.69 Å². The number of anilines is 1. The maximum Gasteiger partial charge on any atom is 0.180 e. The molecule has 0 atom stereocenters. The molecule has 0 radical (unpaired) electrons. The van der Waals surface area contributed by atoms with Gasteiger partial charge in [0.1, 0.15) is 5.82 Å². The standard InChI is InChI=1S/C10H9FN2S/c1-6-9(14-10(12)13-6)7-2-4-8(11)5-3-7/h2-5H,1H3,(H2,12,13). The minimum absolute atomic E-state index is 0.233. The molecule has 1 aromatic carbocycles. The molecule has 72 valence electrons. The average Bonchev–Trinajstić information content (AvgIpc) is 2.47. The molecule has 0 spiro atoms. The van der Waals surface area contributed by atoms with Crippen molar-refractivity contribution >= 4 is 16.5 Å². The van der Waals surface area contributed by atoms with Crippen molar-refractivity contribution in [3.63, 3.8) is 0 Å². The molecule has 0 aliphatic rings. The van der Waals surface area contributed by atoms with Crippen LogP contribution >= 0.6 is 11.3 Å².